The molecule has 0 unspecified atom stereocenters. The van der Waals surface area contributed by atoms with Crippen LogP contribution in [0.25, 0.3) is 0 Å². The van der Waals surface area contributed by atoms with Gasteiger partial charge in [0.15, 0.2) is 0 Å². The van der Waals surface area contributed by atoms with E-state index in [0.717, 1.165) is 11.3 Å². The second-order valence-corrected chi connectivity index (χ2v) is 5.04. The summed E-state index contributed by atoms with van der Waals surface area (Å²) in [5.74, 6) is 0.430. The molecular formula is C17H20N2O. The number of hydrogen-bond donors (Lipinski definition) is 0. The quantitative estimate of drug-likeness (QED) is 0.843. The van der Waals surface area contributed by atoms with Crippen LogP contribution in [-0.4, -0.2) is 17.4 Å². The van der Waals surface area contributed by atoms with Gasteiger partial charge in [0.1, 0.15) is 0 Å². The number of hydrogen-bond acceptors (Lipinski definition) is 2. The molecule has 0 atom stereocenters. The van der Waals surface area contributed by atoms with E-state index in [9.17, 15) is 4.79 Å². The average molecular weight is 268 g/mol. The maximum atomic E-state index is 12.6. The number of pyridine rings is 1. The van der Waals surface area contributed by atoms with Crippen molar-refractivity contribution < 1.29 is 4.79 Å². The van der Waals surface area contributed by atoms with E-state index >= 15 is 0 Å². The number of amides is 1. The maximum Gasteiger partial charge on any atom is 0.258 e. The van der Waals surface area contributed by atoms with Gasteiger partial charge < -0.3 is 4.90 Å². The first-order chi connectivity index (χ1) is 9.63. The van der Waals surface area contributed by atoms with E-state index in [-0.39, 0.29) is 5.91 Å². The minimum atomic E-state index is 0.0167. The highest BCUT2D eigenvalue weighted by molar-refractivity contribution is 6.06. The van der Waals surface area contributed by atoms with Crippen molar-refractivity contribution in [2.24, 2.45) is 0 Å². The fraction of sp³-hybridized carbons (Fsp3) is 0.294. The van der Waals surface area contributed by atoms with Crippen LogP contribution in [0.5, 0.6) is 0 Å². The van der Waals surface area contributed by atoms with E-state index in [1.54, 1.807) is 17.3 Å². The molecule has 0 aliphatic heterocycles. The molecule has 20 heavy (non-hydrogen) atoms. The van der Waals surface area contributed by atoms with Gasteiger partial charge in [-0.2, -0.15) is 0 Å². The van der Waals surface area contributed by atoms with Crippen LogP contribution in [-0.2, 0) is 0 Å². The van der Waals surface area contributed by atoms with Gasteiger partial charge in [-0.1, -0.05) is 26.0 Å². The molecule has 2 aromatic rings. The van der Waals surface area contributed by atoms with Gasteiger partial charge in [-0.3, -0.25) is 9.78 Å². The van der Waals surface area contributed by atoms with Gasteiger partial charge in [-0.25, -0.2) is 0 Å². The molecule has 3 nitrogen and oxygen atoms in total. The van der Waals surface area contributed by atoms with Crippen molar-refractivity contribution in [3.63, 3.8) is 0 Å². The summed E-state index contributed by atoms with van der Waals surface area (Å²) in [6.07, 6.45) is 3.43. The Labute approximate surface area is 120 Å². The highest BCUT2D eigenvalue weighted by Gasteiger charge is 2.16. The number of benzene rings is 1. The van der Waals surface area contributed by atoms with E-state index in [0.29, 0.717) is 12.5 Å². The molecule has 1 heterocycles. The minimum absolute atomic E-state index is 0.0167. The van der Waals surface area contributed by atoms with Gasteiger partial charge in [0, 0.05) is 18.3 Å². The first kappa shape index (κ1) is 14.3. The van der Waals surface area contributed by atoms with Crippen LogP contribution < -0.4 is 4.90 Å². The maximum absolute atomic E-state index is 12.6. The summed E-state index contributed by atoms with van der Waals surface area (Å²) in [6.45, 7) is 6.85. The molecule has 0 saturated carbocycles. The molecule has 0 bridgehead atoms. The van der Waals surface area contributed by atoms with Crippen molar-refractivity contribution in [1.82, 2.24) is 4.98 Å². The monoisotopic (exact) mass is 268 g/mol. The number of anilines is 1. The van der Waals surface area contributed by atoms with Crippen molar-refractivity contribution in [2.45, 2.75) is 26.7 Å². The molecule has 0 saturated heterocycles. The molecular weight excluding hydrogens is 248 g/mol. The van der Waals surface area contributed by atoms with Crippen LogP contribution in [0.2, 0.25) is 0 Å². The zero-order valence-corrected chi connectivity index (χ0v) is 12.2. The fourth-order valence-corrected chi connectivity index (χ4v) is 2.14. The number of rotatable bonds is 4. The minimum Gasteiger partial charge on any atom is -0.307 e. The normalized spacial score (nSPS) is 10.6. The standard InChI is InChI=1S/C17H20N2O/c1-4-19(16-9-6-10-18-12-16)17(20)15-8-5-7-14(11-15)13(2)3/h5-13H,4H2,1-3H3. The van der Waals surface area contributed by atoms with E-state index in [4.69, 9.17) is 0 Å². The zero-order valence-electron chi connectivity index (χ0n) is 12.2. The number of nitrogens with zero attached hydrogens (tertiary/aromatic N) is 2. The molecule has 2 rings (SSSR count). The van der Waals surface area contributed by atoms with Crippen LogP contribution in [0.4, 0.5) is 5.69 Å². The largest absolute Gasteiger partial charge is 0.307 e. The first-order valence-corrected chi connectivity index (χ1v) is 6.95. The third-order valence-electron chi connectivity index (χ3n) is 3.32. The summed E-state index contributed by atoms with van der Waals surface area (Å²) in [7, 11) is 0. The summed E-state index contributed by atoms with van der Waals surface area (Å²) < 4.78 is 0. The van der Waals surface area contributed by atoms with E-state index in [1.807, 2.05) is 37.3 Å². The SMILES string of the molecule is CCN(C(=O)c1cccc(C(C)C)c1)c1cccnc1. The lowest BCUT2D eigenvalue weighted by molar-refractivity contribution is 0.0988. The third kappa shape index (κ3) is 3.05. The van der Waals surface area contributed by atoms with E-state index in [2.05, 4.69) is 24.9 Å². The summed E-state index contributed by atoms with van der Waals surface area (Å²) >= 11 is 0. The van der Waals surface area contributed by atoms with E-state index < -0.39 is 0 Å². The lowest BCUT2D eigenvalue weighted by Gasteiger charge is -2.21. The second kappa shape index (κ2) is 6.33. The Morgan fingerprint density at radius 2 is 2.05 bits per heavy atom. The van der Waals surface area contributed by atoms with Crippen molar-refractivity contribution in [3.8, 4) is 0 Å². The summed E-state index contributed by atoms with van der Waals surface area (Å²) in [5, 5.41) is 0. The summed E-state index contributed by atoms with van der Waals surface area (Å²) in [4.78, 5) is 18.5. The lowest BCUT2D eigenvalue weighted by atomic mass is 10.0. The topological polar surface area (TPSA) is 33.2 Å². The Balaban J connectivity index is 2.32. The van der Waals surface area contributed by atoms with Gasteiger partial charge in [-0.15, -0.1) is 0 Å². The van der Waals surface area contributed by atoms with Gasteiger partial charge in [0.05, 0.1) is 11.9 Å². The Bertz CT molecular complexity index is 579. The molecule has 0 aliphatic carbocycles. The average Bonchev–Trinajstić information content (AvgIpc) is 2.49. The predicted molar refractivity (Wildman–Crippen MR) is 82.1 cm³/mol. The lowest BCUT2D eigenvalue weighted by Crippen LogP contribution is -2.30. The van der Waals surface area contributed by atoms with Crippen molar-refractivity contribution >= 4 is 11.6 Å². The van der Waals surface area contributed by atoms with Crippen molar-refractivity contribution in [3.05, 3.63) is 59.9 Å². The zero-order chi connectivity index (χ0) is 14.5. The molecule has 104 valence electrons. The van der Waals surface area contributed by atoms with E-state index in [1.165, 1.54) is 5.56 Å². The smallest absolute Gasteiger partial charge is 0.258 e. The Hall–Kier alpha value is -2.16. The van der Waals surface area contributed by atoms with Crippen LogP contribution >= 0.6 is 0 Å². The fourth-order valence-electron chi connectivity index (χ4n) is 2.14. The molecule has 1 aromatic heterocycles. The van der Waals surface area contributed by atoms with Crippen LogP contribution in [0.1, 0.15) is 42.6 Å². The van der Waals surface area contributed by atoms with Crippen molar-refractivity contribution in [2.75, 3.05) is 11.4 Å². The van der Waals surface area contributed by atoms with Crippen molar-refractivity contribution in [1.29, 1.82) is 0 Å². The molecule has 0 spiro atoms. The second-order valence-electron chi connectivity index (χ2n) is 5.04. The van der Waals surface area contributed by atoms with Crippen LogP contribution in [0.15, 0.2) is 48.8 Å². The van der Waals surface area contributed by atoms with Gasteiger partial charge in [-0.05, 0) is 42.7 Å². The summed E-state index contributed by atoms with van der Waals surface area (Å²) in [6, 6.07) is 11.6. The van der Waals surface area contributed by atoms with Gasteiger partial charge in [0.25, 0.3) is 5.91 Å². The van der Waals surface area contributed by atoms with Crippen LogP contribution in [0.3, 0.4) is 0 Å². The Morgan fingerprint density at radius 3 is 2.65 bits per heavy atom. The first-order valence-electron chi connectivity index (χ1n) is 6.95. The highest BCUT2D eigenvalue weighted by Crippen LogP contribution is 2.19. The molecule has 0 radical (unpaired) electrons. The third-order valence-corrected chi connectivity index (χ3v) is 3.32. The molecule has 0 N–H and O–H groups in total. The number of carbonyl (C=O) groups is 1. The predicted octanol–water partition coefficient (Wildman–Crippen LogP) is 3.87. The van der Waals surface area contributed by atoms with Gasteiger partial charge >= 0.3 is 0 Å². The molecule has 1 amide bonds. The molecule has 3 heteroatoms. The Kier molecular flexibility index (Phi) is 4.51. The molecule has 1 aromatic carbocycles. The van der Waals surface area contributed by atoms with Crippen LogP contribution in [0, 0.1) is 0 Å². The van der Waals surface area contributed by atoms with Gasteiger partial charge in [0.2, 0.25) is 0 Å². The Morgan fingerprint density at radius 1 is 1.25 bits per heavy atom. The highest BCUT2D eigenvalue weighted by atomic mass is 16.2. The molecule has 0 aliphatic rings. The summed E-state index contributed by atoms with van der Waals surface area (Å²) in [5.41, 5.74) is 2.73. The molecule has 0 fully saturated rings. The number of carbonyl (C=O) groups excluding carboxylic acids is 1. The number of aromatic nitrogens is 1.